The maximum atomic E-state index is 11.1. The monoisotopic (exact) mass is 388 g/mol. The van der Waals surface area contributed by atoms with Gasteiger partial charge < -0.3 is 10.1 Å². The van der Waals surface area contributed by atoms with Crippen LogP contribution < -0.4 is 10.1 Å². The first kappa shape index (κ1) is 17.4. The summed E-state index contributed by atoms with van der Waals surface area (Å²) in [6, 6.07) is 9.39. The lowest BCUT2D eigenvalue weighted by atomic mass is 10.0. The molecule has 0 amide bonds. The zero-order chi connectivity index (χ0) is 20.0. The average molecular weight is 388 g/mol. The minimum Gasteiger partial charge on any atom is -0.496 e. The molecule has 4 aromatic rings. The Morgan fingerprint density at radius 2 is 2.14 bits per heavy atom. The smallest absolute Gasteiger partial charge is 0.225 e. The molecule has 1 saturated carbocycles. The Morgan fingerprint density at radius 1 is 1.28 bits per heavy atom. The first-order valence-electron chi connectivity index (χ1n) is 9.45. The lowest BCUT2D eigenvalue weighted by Gasteiger charge is -2.11. The van der Waals surface area contributed by atoms with Gasteiger partial charge >= 0.3 is 0 Å². The second-order valence-electron chi connectivity index (χ2n) is 7.21. The van der Waals surface area contributed by atoms with Crippen molar-refractivity contribution < 1.29 is 9.53 Å². The van der Waals surface area contributed by atoms with E-state index in [-0.39, 0.29) is 0 Å². The summed E-state index contributed by atoms with van der Waals surface area (Å²) in [7, 11) is 3.39. The number of hydrogen-bond donors (Lipinski definition) is 2. The van der Waals surface area contributed by atoms with Crippen molar-refractivity contribution in [3.05, 3.63) is 47.7 Å². The van der Waals surface area contributed by atoms with Crippen LogP contribution in [0.1, 0.15) is 34.7 Å². The van der Waals surface area contributed by atoms with E-state index in [1.807, 2.05) is 25.4 Å². The van der Waals surface area contributed by atoms with Crippen LogP contribution in [0.2, 0.25) is 0 Å². The maximum Gasteiger partial charge on any atom is 0.225 e. The molecule has 0 spiro atoms. The zero-order valence-corrected chi connectivity index (χ0v) is 16.1. The van der Waals surface area contributed by atoms with Gasteiger partial charge in [0, 0.05) is 23.7 Å². The van der Waals surface area contributed by atoms with Gasteiger partial charge in [-0.1, -0.05) is 6.07 Å². The predicted octanol–water partition coefficient (Wildman–Crippen LogP) is 3.80. The largest absolute Gasteiger partial charge is 0.496 e. The number of nitrogens with zero attached hydrogens (tertiary/aromatic N) is 4. The molecule has 0 bridgehead atoms. The second kappa shape index (κ2) is 6.73. The van der Waals surface area contributed by atoms with E-state index < -0.39 is 0 Å². The number of ether oxygens (including phenoxy) is 1. The molecule has 0 saturated heterocycles. The van der Waals surface area contributed by atoms with Crippen molar-refractivity contribution in [1.29, 1.82) is 0 Å². The van der Waals surface area contributed by atoms with Crippen molar-refractivity contribution in [3.8, 4) is 17.1 Å². The minimum absolute atomic E-state index is 0.494. The Hall–Kier alpha value is -3.68. The fourth-order valence-electron chi connectivity index (χ4n) is 3.64. The third-order valence-corrected chi connectivity index (χ3v) is 5.28. The third kappa shape index (κ3) is 3.02. The van der Waals surface area contributed by atoms with Crippen LogP contribution in [0.5, 0.6) is 5.75 Å². The molecule has 2 aromatic carbocycles. The van der Waals surface area contributed by atoms with E-state index in [2.05, 4.69) is 31.7 Å². The minimum atomic E-state index is 0.494. The molecule has 2 heterocycles. The average Bonchev–Trinajstić information content (AvgIpc) is 3.35. The van der Waals surface area contributed by atoms with Crippen molar-refractivity contribution in [2.24, 2.45) is 7.05 Å². The van der Waals surface area contributed by atoms with Gasteiger partial charge in [0.15, 0.2) is 12.1 Å². The fourth-order valence-corrected chi connectivity index (χ4v) is 3.64. The summed E-state index contributed by atoms with van der Waals surface area (Å²) in [6.45, 7) is 0. The molecule has 1 aliphatic carbocycles. The highest BCUT2D eigenvalue weighted by atomic mass is 16.5. The van der Waals surface area contributed by atoms with E-state index in [0.29, 0.717) is 29.0 Å². The summed E-state index contributed by atoms with van der Waals surface area (Å²) in [5, 5.41) is 16.4. The molecule has 29 heavy (non-hydrogen) atoms. The Labute approximate surface area is 166 Å². The van der Waals surface area contributed by atoms with Crippen LogP contribution in [0.3, 0.4) is 0 Å². The summed E-state index contributed by atoms with van der Waals surface area (Å²) in [5.41, 5.74) is 4.62. The van der Waals surface area contributed by atoms with Gasteiger partial charge in [-0.2, -0.15) is 10.1 Å². The number of carbonyl (C=O) groups excluding carboxylic acids is 1. The summed E-state index contributed by atoms with van der Waals surface area (Å²) >= 11 is 0. The highest BCUT2D eigenvalue weighted by Gasteiger charge is 2.29. The van der Waals surface area contributed by atoms with Crippen LogP contribution in [0, 0.1) is 0 Å². The van der Waals surface area contributed by atoms with Crippen LogP contribution in [-0.4, -0.2) is 38.4 Å². The zero-order valence-electron chi connectivity index (χ0n) is 16.1. The number of hydrogen-bond acceptors (Lipinski definition) is 6. The number of rotatable bonds is 6. The van der Waals surface area contributed by atoms with E-state index >= 15 is 0 Å². The van der Waals surface area contributed by atoms with Gasteiger partial charge in [-0.25, -0.2) is 4.68 Å². The summed E-state index contributed by atoms with van der Waals surface area (Å²) in [5.74, 6) is 2.25. The molecule has 1 fully saturated rings. The summed E-state index contributed by atoms with van der Waals surface area (Å²) in [4.78, 5) is 15.8. The maximum absolute atomic E-state index is 11.1. The molecule has 0 atom stereocenters. The number of aryl methyl sites for hydroxylation is 1. The van der Waals surface area contributed by atoms with Gasteiger partial charge in [-0.15, -0.1) is 5.10 Å². The SMILES string of the molecule is COc1cc(-c2nc(Nc3ccc4[nH]ncc4c3C3CC3)n(C)n2)ccc1C=O. The summed E-state index contributed by atoms with van der Waals surface area (Å²) < 4.78 is 7.01. The highest BCUT2D eigenvalue weighted by molar-refractivity contribution is 5.89. The molecule has 1 aliphatic rings. The van der Waals surface area contributed by atoms with Gasteiger partial charge in [0.1, 0.15) is 5.75 Å². The topological polar surface area (TPSA) is 97.7 Å². The molecule has 0 radical (unpaired) electrons. The van der Waals surface area contributed by atoms with Gasteiger partial charge in [-0.05, 0) is 48.6 Å². The molecule has 146 valence electrons. The van der Waals surface area contributed by atoms with Crippen LogP contribution in [0.25, 0.3) is 22.3 Å². The first-order chi connectivity index (χ1) is 14.2. The molecule has 0 unspecified atom stereocenters. The van der Waals surface area contributed by atoms with Crippen molar-refractivity contribution in [3.63, 3.8) is 0 Å². The number of anilines is 2. The van der Waals surface area contributed by atoms with E-state index in [4.69, 9.17) is 4.74 Å². The molecule has 2 N–H and O–H groups in total. The number of methoxy groups -OCH3 is 1. The number of aromatic amines is 1. The molecular weight excluding hydrogens is 368 g/mol. The number of fused-ring (bicyclic) bond motifs is 1. The summed E-state index contributed by atoms with van der Waals surface area (Å²) in [6.07, 6.45) is 5.03. The van der Waals surface area contributed by atoms with E-state index in [9.17, 15) is 4.79 Å². The quantitative estimate of drug-likeness (QED) is 0.488. The number of benzene rings is 2. The molecule has 5 rings (SSSR count). The van der Waals surface area contributed by atoms with Crippen molar-refractivity contribution in [2.45, 2.75) is 18.8 Å². The van der Waals surface area contributed by atoms with Crippen LogP contribution in [0.15, 0.2) is 36.5 Å². The Morgan fingerprint density at radius 3 is 2.90 bits per heavy atom. The number of H-pyrrole nitrogens is 1. The lowest BCUT2D eigenvalue weighted by molar-refractivity contribution is 0.112. The predicted molar refractivity (Wildman–Crippen MR) is 110 cm³/mol. The lowest BCUT2D eigenvalue weighted by Crippen LogP contribution is -2.02. The Balaban J connectivity index is 1.51. The number of aldehydes is 1. The van der Waals surface area contributed by atoms with Crippen molar-refractivity contribution in [1.82, 2.24) is 25.0 Å². The van der Waals surface area contributed by atoms with Crippen LogP contribution in [-0.2, 0) is 7.05 Å². The van der Waals surface area contributed by atoms with Gasteiger partial charge in [0.05, 0.1) is 24.4 Å². The standard InChI is InChI=1S/C21H20N6O2/c1-27-21(24-20(26-27)13-5-6-14(11-28)18(9-13)29-2)23-17-8-7-16-15(10-22-25-16)19(17)12-3-4-12/h5-12H,3-4H2,1-2H3,(H,22,25)(H,23,24,26). The normalized spacial score (nSPS) is 13.6. The number of nitrogens with one attached hydrogen (secondary N) is 2. The molecule has 0 aliphatic heterocycles. The van der Waals surface area contributed by atoms with E-state index in [0.717, 1.165) is 28.4 Å². The van der Waals surface area contributed by atoms with E-state index in [1.165, 1.54) is 25.5 Å². The first-order valence-corrected chi connectivity index (χ1v) is 9.45. The number of aromatic nitrogens is 5. The van der Waals surface area contributed by atoms with Crippen LogP contribution in [0.4, 0.5) is 11.6 Å². The number of carbonyl (C=O) groups is 1. The van der Waals surface area contributed by atoms with Gasteiger partial charge in [0.2, 0.25) is 5.95 Å². The van der Waals surface area contributed by atoms with Crippen molar-refractivity contribution >= 4 is 28.8 Å². The highest BCUT2D eigenvalue weighted by Crippen LogP contribution is 2.47. The van der Waals surface area contributed by atoms with Crippen molar-refractivity contribution in [2.75, 3.05) is 12.4 Å². The van der Waals surface area contributed by atoms with Gasteiger partial charge in [-0.3, -0.25) is 9.89 Å². The van der Waals surface area contributed by atoms with E-state index in [1.54, 1.807) is 16.8 Å². The third-order valence-electron chi connectivity index (χ3n) is 5.28. The van der Waals surface area contributed by atoms with Gasteiger partial charge in [0.25, 0.3) is 0 Å². The molecule has 2 aromatic heterocycles. The fraction of sp³-hybridized carbons (Fsp3) is 0.238. The Bertz CT molecular complexity index is 1220. The Kier molecular flexibility index (Phi) is 4.04. The molecule has 8 nitrogen and oxygen atoms in total. The van der Waals surface area contributed by atoms with Crippen LogP contribution >= 0.6 is 0 Å². The second-order valence-corrected chi connectivity index (χ2v) is 7.21. The molecular formula is C21H20N6O2. The molecule has 8 heteroatoms.